The molecule has 0 spiro atoms. The van der Waals surface area contributed by atoms with E-state index in [0.717, 1.165) is 29.8 Å². The van der Waals surface area contributed by atoms with Gasteiger partial charge in [0, 0.05) is 5.41 Å². The van der Waals surface area contributed by atoms with Crippen molar-refractivity contribution < 1.29 is 4.74 Å². The summed E-state index contributed by atoms with van der Waals surface area (Å²) in [6.45, 7) is 1.56. The highest BCUT2D eigenvalue weighted by Gasteiger charge is 2.42. The zero-order valence-corrected chi connectivity index (χ0v) is 10.3. The number of para-hydroxylation sites is 1. The number of hydrogen-bond acceptors (Lipinski definition) is 2. The standard InChI is InChI=1S/C12H16BrNO/c13-10-3-1-2-4-11(10)15-9-12(5-6-12)7-8-14/h1-4H,5-9,14H2. The largest absolute Gasteiger partial charge is 0.492 e. The quantitative estimate of drug-likeness (QED) is 0.892. The molecule has 1 saturated carbocycles. The van der Waals surface area contributed by atoms with Crippen molar-refractivity contribution in [3.63, 3.8) is 0 Å². The lowest BCUT2D eigenvalue weighted by Crippen LogP contribution is -2.17. The number of nitrogens with two attached hydrogens (primary N) is 1. The fourth-order valence-electron chi connectivity index (χ4n) is 1.74. The fourth-order valence-corrected chi connectivity index (χ4v) is 2.14. The van der Waals surface area contributed by atoms with Crippen LogP contribution in [-0.2, 0) is 0 Å². The number of benzene rings is 1. The van der Waals surface area contributed by atoms with Gasteiger partial charge in [-0.25, -0.2) is 0 Å². The van der Waals surface area contributed by atoms with Crippen LogP contribution in [0.15, 0.2) is 28.7 Å². The molecule has 0 radical (unpaired) electrons. The van der Waals surface area contributed by atoms with E-state index in [-0.39, 0.29) is 0 Å². The van der Waals surface area contributed by atoms with Gasteiger partial charge in [-0.3, -0.25) is 0 Å². The Labute approximate surface area is 98.9 Å². The highest BCUT2D eigenvalue weighted by molar-refractivity contribution is 9.10. The van der Waals surface area contributed by atoms with Crippen molar-refractivity contribution in [2.45, 2.75) is 19.3 Å². The van der Waals surface area contributed by atoms with Crippen LogP contribution in [-0.4, -0.2) is 13.2 Å². The molecule has 2 nitrogen and oxygen atoms in total. The van der Waals surface area contributed by atoms with E-state index in [0.29, 0.717) is 5.41 Å². The van der Waals surface area contributed by atoms with E-state index in [1.165, 1.54) is 12.8 Å². The molecule has 0 atom stereocenters. The van der Waals surface area contributed by atoms with E-state index in [1.54, 1.807) is 0 Å². The van der Waals surface area contributed by atoms with Gasteiger partial charge in [0.1, 0.15) is 5.75 Å². The lowest BCUT2D eigenvalue weighted by molar-refractivity contribution is 0.226. The molecule has 0 bridgehead atoms. The lowest BCUT2D eigenvalue weighted by Gasteiger charge is -2.15. The molecule has 3 heteroatoms. The summed E-state index contributed by atoms with van der Waals surface area (Å²) in [4.78, 5) is 0. The van der Waals surface area contributed by atoms with Crippen LogP contribution in [0.25, 0.3) is 0 Å². The van der Waals surface area contributed by atoms with Crippen molar-refractivity contribution in [2.75, 3.05) is 13.2 Å². The third-order valence-electron chi connectivity index (χ3n) is 3.00. The zero-order chi connectivity index (χ0) is 10.7. The van der Waals surface area contributed by atoms with Crippen LogP contribution in [0.3, 0.4) is 0 Å². The molecular formula is C12H16BrNO. The zero-order valence-electron chi connectivity index (χ0n) is 8.71. The minimum atomic E-state index is 0.379. The summed E-state index contributed by atoms with van der Waals surface area (Å²) in [5, 5.41) is 0. The molecule has 1 aromatic carbocycles. The van der Waals surface area contributed by atoms with Crippen molar-refractivity contribution in [2.24, 2.45) is 11.1 Å². The number of hydrogen-bond donors (Lipinski definition) is 1. The molecular weight excluding hydrogens is 254 g/mol. The first-order valence-corrected chi connectivity index (χ1v) is 6.12. The molecule has 15 heavy (non-hydrogen) atoms. The van der Waals surface area contributed by atoms with Gasteiger partial charge in [0.05, 0.1) is 11.1 Å². The van der Waals surface area contributed by atoms with Gasteiger partial charge in [-0.15, -0.1) is 0 Å². The van der Waals surface area contributed by atoms with Crippen LogP contribution in [0.5, 0.6) is 5.75 Å². The first-order chi connectivity index (χ1) is 7.26. The Morgan fingerprint density at radius 2 is 2.07 bits per heavy atom. The number of ether oxygens (including phenoxy) is 1. The van der Waals surface area contributed by atoms with Gasteiger partial charge in [0.25, 0.3) is 0 Å². The molecule has 0 aliphatic heterocycles. The summed E-state index contributed by atoms with van der Waals surface area (Å²) in [7, 11) is 0. The van der Waals surface area contributed by atoms with Crippen molar-refractivity contribution >= 4 is 15.9 Å². The molecule has 82 valence electrons. The Morgan fingerprint density at radius 1 is 1.33 bits per heavy atom. The van der Waals surface area contributed by atoms with Gasteiger partial charge in [-0.1, -0.05) is 12.1 Å². The maximum Gasteiger partial charge on any atom is 0.133 e. The van der Waals surface area contributed by atoms with E-state index in [1.807, 2.05) is 24.3 Å². The summed E-state index contributed by atoms with van der Waals surface area (Å²) in [6.07, 6.45) is 3.60. The van der Waals surface area contributed by atoms with Crippen LogP contribution < -0.4 is 10.5 Å². The molecule has 0 heterocycles. The van der Waals surface area contributed by atoms with Crippen LogP contribution in [0, 0.1) is 5.41 Å². The Balaban J connectivity index is 1.91. The van der Waals surface area contributed by atoms with Crippen molar-refractivity contribution in [1.82, 2.24) is 0 Å². The smallest absolute Gasteiger partial charge is 0.133 e. The lowest BCUT2D eigenvalue weighted by atomic mass is 10.0. The van der Waals surface area contributed by atoms with Gasteiger partial charge in [0.15, 0.2) is 0 Å². The third-order valence-corrected chi connectivity index (χ3v) is 3.66. The molecule has 1 aromatic rings. The summed E-state index contributed by atoms with van der Waals surface area (Å²) in [5.74, 6) is 0.931. The minimum absolute atomic E-state index is 0.379. The van der Waals surface area contributed by atoms with Crippen LogP contribution in [0.2, 0.25) is 0 Å². The number of halogens is 1. The Bertz CT molecular complexity index is 336. The van der Waals surface area contributed by atoms with E-state index in [4.69, 9.17) is 10.5 Å². The molecule has 2 rings (SSSR count). The molecule has 0 aromatic heterocycles. The molecule has 2 N–H and O–H groups in total. The second kappa shape index (κ2) is 4.54. The Kier molecular flexibility index (Phi) is 3.32. The first kappa shape index (κ1) is 11.0. The van der Waals surface area contributed by atoms with Gasteiger partial charge in [-0.2, -0.15) is 0 Å². The molecule has 1 aliphatic carbocycles. The molecule has 0 unspecified atom stereocenters. The summed E-state index contributed by atoms with van der Waals surface area (Å²) in [6, 6.07) is 7.97. The van der Waals surface area contributed by atoms with Crippen LogP contribution >= 0.6 is 15.9 Å². The normalized spacial score (nSPS) is 17.5. The predicted octanol–water partition coefficient (Wildman–Crippen LogP) is 2.96. The van der Waals surface area contributed by atoms with E-state index in [2.05, 4.69) is 15.9 Å². The second-order valence-electron chi connectivity index (χ2n) is 4.26. The Hall–Kier alpha value is -0.540. The van der Waals surface area contributed by atoms with Gasteiger partial charge in [-0.05, 0) is 53.9 Å². The molecule has 1 fully saturated rings. The van der Waals surface area contributed by atoms with Crippen molar-refractivity contribution in [3.05, 3.63) is 28.7 Å². The predicted molar refractivity (Wildman–Crippen MR) is 65.0 cm³/mol. The topological polar surface area (TPSA) is 35.2 Å². The summed E-state index contributed by atoms with van der Waals surface area (Å²) >= 11 is 3.47. The second-order valence-corrected chi connectivity index (χ2v) is 5.11. The maximum atomic E-state index is 5.81. The monoisotopic (exact) mass is 269 g/mol. The highest BCUT2D eigenvalue weighted by atomic mass is 79.9. The van der Waals surface area contributed by atoms with Crippen LogP contribution in [0.1, 0.15) is 19.3 Å². The van der Waals surface area contributed by atoms with Crippen molar-refractivity contribution in [3.8, 4) is 5.75 Å². The molecule has 0 amide bonds. The molecule has 1 aliphatic rings. The Morgan fingerprint density at radius 3 is 2.67 bits per heavy atom. The summed E-state index contributed by atoms with van der Waals surface area (Å²) in [5.41, 5.74) is 5.97. The average Bonchev–Trinajstić information content (AvgIpc) is 2.98. The minimum Gasteiger partial charge on any atom is -0.492 e. The van der Waals surface area contributed by atoms with E-state index in [9.17, 15) is 0 Å². The fraction of sp³-hybridized carbons (Fsp3) is 0.500. The first-order valence-electron chi connectivity index (χ1n) is 5.33. The third kappa shape index (κ3) is 2.73. The van der Waals surface area contributed by atoms with E-state index >= 15 is 0 Å². The SMILES string of the molecule is NCCC1(COc2ccccc2Br)CC1. The van der Waals surface area contributed by atoms with Gasteiger partial charge in [0.2, 0.25) is 0 Å². The van der Waals surface area contributed by atoms with Crippen molar-refractivity contribution in [1.29, 1.82) is 0 Å². The van der Waals surface area contributed by atoms with E-state index < -0.39 is 0 Å². The number of rotatable bonds is 5. The average molecular weight is 270 g/mol. The molecule has 0 saturated heterocycles. The van der Waals surface area contributed by atoms with Gasteiger partial charge >= 0.3 is 0 Å². The van der Waals surface area contributed by atoms with Gasteiger partial charge < -0.3 is 10.5 Å². The highest BCUT2D eigenvalue weighted by Crippen LogP contribution is 2.48. The van der Waals surface area contributed by atoms with Crippen LogP contribution in [0.4, 0.5) is 0 Å². The maximum absolute atomic E-state index is 5.81. The summed E-state index contributed by atoms with van der Waals surface area (Å²) < 4.78 is 6.84.